The summed E-state index contributed by atoms with van der Waals surface area (Å²) in [7, 11) is 0. The van der Waals surface area contributed by atoms with Gasteiger partial charge in [-0.15, -0.1) is 0 Å². The number of anilines is 1. The van der Waals surface area contributed by atoms with Crippen molar-refractivity contribution >= 4 is 28.6 Å². The number of benzene rings is 1. The maximum Gasteiger partial charge on any atom is 0.410 e. The first-order valence-electron chi connectivity index (χ1n) is 10.1. The molecule has 1 aromatic carbocycles. The van der Waals surface area contributed by atoms with Crippen molar-refractivity contribution in [3.05, 3.63) is 36.7 Å². The molecule has 3 amide bonds. The number of amides is 3. The lowest BCUT2D eigenvalue weighted by Crippen LogP contribution is -2.42. The first-order valence-corrected chi connectivity index (χ1v) is 10.1. The third-order valence-electron chi connectivity index (χ3n) is 5.44. The highest BCUT2D eigenvalue weighted by Crippen LogP contribution is 2.33. The molecule has 30 heavy (non-hydrogen) atoms. The number of fused-ring (bicyclic) bond motifs is 1. The standard InChI is InChI=1S/C22H25N5O3/c1-22(2,3)30-21(29)25-9-8-16(13-25)26-14-17(10-23)27(20(26)28)19-12-24-11-15-6-4-5-7-18(15)19/h4-7,11-12,16-17H,8-9,13-14H2,1-3H3/t16-,17?/m1/s1. The number of aromatic nitrogens is 1. The van der Waals surface area contributed by atoms with Crippen molar-refractivity contribution in [2.45, 2.75) is 44.9 Å². The fraction of sp³-hybridized carbons (Fsp3) is 0.455. The maximum atomic E-state index is 13.3. The number of nitriles is 1. The van der Waals surface area contributed by atoms with E-state index in [2.05, 4.69) is 11.1 Å². The number of ether oxygens (including phenoxy) is 1. The number of carbonyl (C=O) groups excluding carboxylic acids is 2. The number of pyridine rings is 1. The average molecular weight is 407 g/mol. The largest absolute Gasteiger partial charge is 0.444 e. The van der Waals surface area contributed by atoms with Crippen molar-refractivity contribution in [1.29, 1.82) is 5.26 Å². The second-order valence-electron chi connectivity index (χ2n) is 8.70. The van der Waals surface area contributed by atoms with Gasteiger partial charge in [0.25, 0.3) is 0 Å². The van der Waals surface area contributed by atoms with Crippen LogP contribution in [-0.2, 0) is 4.74 Å². The van der Waals surface area contributed by atoms with Crippen LogP contribution in [0.15, 0.2) is 36.7 Å². The quantitative estimate of drug-likeness (QED) is 0.761. The predicted octanol–water partition coefficient (Wildman–Crippen LogP) is 3.38. The summed E-state index contributed by atoms with van der Waals surface area (Å²) >= 11 is 0. The van der Waals surface area contributed by atoms with Gasteiger partial charge in [-0.2, -0.15) is 5.26 Å². The molecule has 2 aliphatic heterocycles. The van der Waals surface area contributed by atoms with Crippen molar-refractivity contribution < 1.29 is 14.3 Å². The van der Waals surface area contributed by atoms with E-state index < -0.39 is 11.6 Å². The number of carbonyl (C=O) groups is 2. The zero-order chi connectivity index (χ0) is 21.5. The molecule has 2 atom stereocenters. The molecule has 0 spiro atoms. The molecule has 2 aliphatic rings. The van der Waals surface area contributed by atoms with E-state index in [1.54, 1.807) is 22.2 Å². The van der Waals surface area contributed by atoms with Crippen molar-refractivity contribution in [1.82, 2.24) is 14.8 Å². The molecular formula is C22H25N5O3. The normalized spacial score (nSPS) is 21.9. The van der Waals surface area contributed by atoms with Crippen LogP contribution in [0.5, 0.6) is 0 Å². The zero-order valence-corrected chi connectivity index (χ0v) is 17.4. The smallest absolute Gasteiger partial charge is 0.410 e. The summed E-state index contributed by atoms with van der Waals surface area (Å²) in [6.07, 6.45) is 3.66. The van der Waals surface area contributed by atoms with Crippen molar-refractivity contribution in [2.75, 3.05) is 24.5 Å². The lowest BCUT2D eigenvalue weighted by atomic mass is 10.1. The Hall–Kier alpha value is -3.34. The molecule has 0 bridgehead atoms. The fourth-order valence-corrected chi connectivity index (χ4v) is 4.07. The molecule has 8 nitrogen and oxygen atoms in total. The number of hydrogen-bond acceptors (Lipinski definition) is 5. The Kier molecular flexibility index (Phi) is 4.98. The Morgan fingerprint density at radius 3 is 2.73 bits per heavy atom. The molecule has 8 heteroatoms. The van der Waals surface area contributed by atoms with Crippen LogP contribution >= 0.6 is 0 Å². The first-order chi connectivity index (χ1) is 14.3. The number of rotatable bonds is 2. The average Bonchev–Trinajstić information content (AvgIpc) is 3.31. The third kappa shape index (κ3) is 3.63. The molecule has 4 rings (SSSR count). The van der Waals surface area contributed by atoms with Crippen molar-refractivity contribution in [2.24, 2.45) is 0 Å². The van der Waals surface area contributed by atoms with Crippen LogP contribution in [0, 0.1) is 11.3 Å². The molecule has 0 saturated carbocycles. The number of urea groups is 1. The summed E-state index contributed by atoms with van der Waals surface area (Å²) in [6.45, 7) is 6.71. The molecular weight excluding hydrogens is 382 g/mol. The van der Waals surface area contributed by atoms with E-state index in [-0.39, 0.29) is 18.2 Å². The highest BCUT2D eigenvalue weighted by molar-refractivity contribution is 6.04. The molecule has 3 heterocycles. The highest BCUT2D eigenvalue weighted by atomic mass is 16.6. The van der Waals surface area contributed by atoms with Crippen LogP contribution < -0.4 is 4.90 Å². The second kappa shape index (κ2) is 7.48. The number of likely N-dealkylation sites (tertiary alicyclic amines) is 1. The van der Waals surface area contributed by atoms with Gasteiger partial charge in [0.2, 0.25) is 0 Å². The molecule has 0 aliphatic carbocycles. The highest BCUT2D eigenvalue weighted by Gasteiger charge is 2.45. The van der Waals surface area contributed by atoms with E-state index in [0.717, 1.165) is 10.8 Å². The monoisotopic (exact) mass is 407 g/mol. The molecule has 0 radical (unpaired) electrons. The van der Waals surface area contributed by atoms with Gasteiger partial charge in [0.05, 0.1) is 30.5 Å². The van der Waals surface area contributed by atoms with Gasteiger partial charge < -0.3 is 14.5 Å². The predicted molar refractivity (Wildman–Crippen MR) is 112 cm³/mol. The van der Waals surface area contributed by atoms with Crippen LogP contribution in [0.3, 0.4) is 0 Å². The summed E-state index contributed by atoms with van der Waals surface area (Å²) in [4.78, 5) is 34.9. The molecule has 156 valence electrons. The van der Waals surface area contributed by atoms with E-state index in [4.69, 9.17) is 4.74 Å². The second-order valence-corrected chi connectivity index (χ2v) is 8.70. The van der Waals surface area contributed by atoms with E-state index in [1.807, 2.05) is 45.0 Å². The third-order valence-corrected chi connectivity index (χ3v) is 5.44. The van der Waals surface area contributed by atoms with Crippen LogP contribution in [0.25, 0.3) is 10.8 Å². The van der Waals surface area contributed by atoms with Crippen molar-refractivity contribution in [3.63, 3.8) is 0 Å². The lowest BCUT2D eigenvalue weighted by Gasteiger charge is -2.26. The number of nitrogens with zero attached hydrogens (tertiary/aromatic N) is 5. The van der Waals surface area contributed by atoms with E-state index in [9.17, 15) is 14.9 Å². The van der Waals surface area contributed by atoms with Gasteiger partial charge in [0.1, 0.15) is 11.6 Å². The van der Waals surface area contributed by atoms with Gasteiger partial charge >= 0.3 is 12.1 Å². The summed E-state index contributed by atoms with van der Waals surface area (Å²) in [5.74, 6) is 0. The van der Waals surface area contributed by atoms with E-state index in [1.165, 1.54) is 4.90 Å². The van der Waals surface area contributed by atoms with Crippen LogP contribution in [0.2, 0.25) is 0 Å². The first kappa shape index (κ1) is 20.0. The summed E-state index contributed by atoms with van der Waals surface area (Å²) < 4.78 is 5.45. The molecule has 0 N–H and O–H groups in total. The minimum atomic E-state index is -0.610. The Balaban J connectivity index is 1.56. The molecule has 2 fully saturated rings. The van der Waals surface area contributed by atoms with Gasteiger partial charge in [0, 0.05) is 30.1 Å². The van der Waals surface area contributed by atoms with Gasteiger partial charge in [-0.25, -0.2) is 9.59 Å². The topological polar surface area (TPSA) is 89.8 Å². The summed E-state index contributed by atoms with van der Waals surface area (Å²) in [6, 6.07) is 8.95. The van der Waals surface area contributed by atoms with Crippen LogP contribution in [0.1, 0.15) is 27.2 Å². The maximum absolute atomic E-state index is 13.3. The lowest BCUT2D eigenvalue weighted by molar-refractivity contribution is 0.0284. The van der Waals surface area contributed by atoms with Crippen LogP contribution in [-0.4, -0.2) is 64.2 Å². The summed E-state index contributed by atoms with van der Waals surface area (Å²) in [5.41, 5.74) is 0.0667. The molecule has 2 saturated heterocycles. The van der Waals surface area contributed by atoms with Gasteiger partial charge in [-0.05, 0) is 27.2 Å². The Bertz CT molecular complexity index is 1020. The Labute approximate surface area is 175 Å². The molecule has 1 aromatic heterocycles. The minimum absolute atomic E-state index is 0.145. The van der Waals surface area contributed by atoms with E-state index in [0.29, 0.717) is 31.7 Å². The number of hydrogen-bond donors (Lipinski definition) is 0. The molecule has 2 aromatic rings. The van der Waals surface area contributed by atoms with E-state index >= 15 is 0 Å². The SMILES string of the molecule is CC(C)(C)OC(=O)N1CC[C@@H](N2CC(C#N)N(c3cncc4ccccc34)C2=O)C1. The van der Waals surface area contributed by atoms with Gasteiger partial charge in [0.15, 0.2) is 0 Å². The van der Waals surface area contributed by atoms with Crippen LogP contribution in [0.4, 0.5) is 15.3 Å². The minimum Gasteiger partial charge on any atom is -0.444 e. The Morgan fingerprint density at radius 2 is 2.00 bits per heavy atom. The van der Waals surface area contributed by atoms with Crippen molar-refractivity contribution in [3.8, 4) is 6.07 Å². The summed E-state index contributed by atoms with van der Waals surface area (Å²) in [5, 5.41) is 11.5. The Morgan fingerprint density at radius 1 is 1.23 bits per heavy atom. The zero-order valence-electron chi connectivity index (χ0n) is 17.4. The van der Waals surface area contributed by atoms with Gasteiger partial charge in [-0.3, -0.25) is 9.88 Å². The fourth-order valence-electron chi connectivity index (χ4n) is 4.07. The molecule has 1 unspecified atom stereocenters. The van der Waals surface area contributed by atoms with Gasteiger partial charge in [-0.1, -0.05) is 24.3 Å².